The van der Waals surface area contributed by atoms with Crippen LogP contribution in [-0.2, 0) is 20.6 Å². The van der Waals surface area contributed by atoms with Gasteiger partial charge in [0.15, 0.2) is 0 Å². The second-order valence-corrected chi connectivity index (χ2v) is 5.84. The van der Waals surface area contributed by atoms with Gasteiger partial charge in [-0.05, 0) is 23.6 Å². The molecule has 0 bridgehead atoms. The van der Waals surface area contributed by atoms with E-state index in [1.165, 1.54) is 12.6 Å². The van der Waals surface area contributed by atoms with Gasteiger partial charge in [0.25, 0.3) is 5.56 Å². The van der Waals surface area contributed by atoms with Crippen molar-refractivity contribution >= 4 is 5.57 Å². The van der Waals surface area contributed by atoms with Crippen LogP contribution in [-0.4, -0.2) is 32.1 Å². The summed E-state index contributed by atoms with van der Waals surface area (Å²) in [5.74, 6) is 0. The molecule has 3 heterocycles. The number of rotatable bonds is 3. The molecule has 0 radical (unpaired) electrons. The third-order valence-corrected chi connectivity index (χ3v) is 4.27. The predicted molar refractivity (Wildman–Crippen MR) is 89.0 cm³/mol. The molecule has 0 saturated heterocycles. The second-order valence-electron chi connectivity index (χ2n) is 5.84. The lowest BCUT2D eigenvalue weighted by Gasteiger charge is -2.28. The third kappa shape index (κ3) is 3.17. The summed E-state index contributed by atoms with van der Waals surface area (Å²) in [6.07, 6.45) is 6.81. The summed E-state index contributed by atoms with van der Waals surface area (Å²) in [6, 6.07) is 5.53. The lowest BCUT2D eigenvalue weighted by atomic mass is 10.0. The van der Waals surface area contributed by atoms with E-state index in [1.807, 2.05) is 12.3 Å². The Morgan fingerprint density at radius 3 is 2.78 bits per heavy atom. The smallest absolute Gasteiger partial charge is 0.299 e. The molecule has 0 fully saturated rings. The Bertz CT molecular complexity index is 849. The minimum absolute atomic E-state index is 0.261. The molecule has 120 valence electrons. The maximum Gasteiger partial charge on any atom is 0.330 e. The molecule has 1 aliphatic rings. The summed E-state index contributed by atoms with van der Waals surface area (Å²) in [5.41, 5.74) is 2.55. The van der Waals surface area contributed by atoms with Gasteiger partial charge in [0, 0.05) is 57.9 Å². The molecule has 6 heteroatoms. The Morgan fingerprint density at radius 1 is 1.22 bits per heavy atom. The van der Waals surface area contributed by atoms with E-state index in [4.69, 9.17) is 0 Å². The van der Waals surface area contributed by atoms with Gasteiger partial charge in [-0.3, -0.25) is 23.8 Å². The number of pyridine rings is 1. The molecule has 0 aromatic carbocycles. The first-order chi connectivity index (χ1) is 11.1. The fraction of sp³-hybridized carbons (Fsp3) is 0.353. The minimum Gasteiger partial charge on any atom is -0.299 e. The van der Waals surface area contributed by atoms with E-state index in [0.717, 1.165) is 35.3 Å². The van der Waals surface area contributed by atoms with Crippen LogP contribution in [0, 0.1) is 0 Å². The molecule has 2 aromatic heterocycles. The zero-order valence-electron chi connectivity index (χ0n) is 13.4. The second kappa shape index (κ2) is 6.34. The Labute approximate surface area is 134 Å². The van der Waals surface area contributed by atoms with Crippen LogP contribution >= 0.6 is 0 Å². The van der Waals surface area contributed by atoms with Gasteiger partial charge < -0.3 is 0 Å². The summed E-state index contributed by atoms with van der Waals surface area (Å²) >= 11 is 0. The first-order valence-electron chi connectivity index (χ1n) is 7.64. The third-order valence-electron chi connectivity index (χ3n) is 4.27. The molecule has 0 amide bonds. The van der Waals surface area contributed by atoms with E-state index >= 15 is 0 Å². The van der Waals surface area contributed by atoms with Gasteiger partial charge in [0.2, 0.25) is 0 Å². The highest BCUT2D eigenvalue weighted by molar-refractivity contribution is 5.66. The van der Waals surface area contributed by atoms with Crippen molar-refractivity contribution in [1.29, 1.82) is 0 Å². The first-order valence-corrected chi connectivity index (χ1v) is 7.64. The van der Waals surface area contributed by atoms with Crippen LogP contribution in [0.1, 0.15) is 17.7 Å². The summed E-state index contributed by atoms with van der Waals surface area (Å²) in [5, 5.41) is 0. The van der Waals surface area contributed by atoms with Crippen LogP contribution in [0.2, 0.25) is 0 Å². The van der Waals surface area contributed by atoms with Gasteiger partial charge >= 0.3 is 5.69 Å². The molecule has 6 nitrogen and oxygen atoms in total. The molecule has 23 heavy (non-hydrogen) atoms. The predicted octanol–water partition coefficient (Wildman–Crippen LogP) is 0.768. The summed E-state index contributed by atoms with van der Waals surface area (Å²) in [4.78, 5) is 30.3. The summed E-state index contributed by atoms with van der Waals surface area (Å²) in [6.45, 7) is 2.28. The van der Waals surface area contributed by atoms with Crippen molar-refractivity contribution < 1.29 is 0 Å². The molecule has 0 saturated carbocycles. The summed E-state index contributed by atoms with van der Waals surface area (Å²) in [7, 11) is 3.21. The number of nitrogens with zero attached hydrogens (tertiary/aromatic N) is 4. The van der Waals surface area contributed by atoms with E-state index in [9.17, 15) is 9.59 Å². The molecular formula is C17H20N4O2. The molecule has 3 rings (SSSR count). The molecular weight excluding hydrogens is 292 g/mol. The number of hydrogen-bond donors (Lipinski definition) is 0. The molecule has 0 atom stereocenters. The van der Waals surface area contributed by atoms with Gasteiger partial charge in [0.05, 0.1) is 0 Å². The number of hydrogen-bond acceptors (Lipinski definition) is 4. The summed E-state index contributed by atoms with van der Waals surface area (Å²) < 4.78 is 2.67. The Kier molecular flexibility index (Phi) is 4.25. The fourth-order valence-electron chi connectivity index (χ4n) is 2.86. The van der Waals surface area contributed by atoms with E-state index in [-0.39, 0.29) is 11.2 Å². The largest absolute Gasteiger partial charge is 0.330 e. The van der Waals surface area contributed by atoms with Crippen LogP contribution in [0.3, 0.4) is 0 Å². The van der Waals surface area contributed by atoms with Crippen LogP contribution in [0.4, 0.5) is 0 Å². The quantitative estimate of drug-likeness (QED) is 0.840. The van der Waals surface area contributed by atoms with Gasteiger partial charge in [-0.2, -0.15) is 0 Å². The highest BCUT2D eigenvalue weighted by Gasteiger charge is 2.16. The lowest BCUT2D eigenvalue weighted by Crippen LogP contribution is -2.40. The van der Waals surface area contributed by atoms with Crippen molar-refractivity contribution in [2.45, 2.75) is 13.0 Å². The van der Waals surface area contributed by atoms with Crippen molar-refractivity contribution in [3.05, 3.63) is 68.8 Å². The zero-order valence-corrected chi connectivity index (χ0v) is 13.4. The zero-order chi connectivity index (χ0) is 16.4. The average Bonchev–Trinajstić information content (AvgIpc) is 2.59. The molecule has 2 aromatic rings. The maximum absolute atomic E-state index is 12.0. The van der Waals surface area contributed by atoms with Gasteiger partial charge in [0.1, 0.15) is 0 Å². The van der Waals surface area contributed by atoms with E-state index in [0.29, 0.717) is 6.54 Å². The minimum atomic E-state index is -0.285. The van der Waals surface area contributed by atoms with Crippen molar-refractivity contribution in [3.63, 3.8) is 0 Å². The Hall–Kier alpha value is -2.47. The molecule has 0 N–H and O–H groups in total. The van der Waals surface area contributed by atoms with Gasteiger partial charge in [-0.1, -0.05) is 12.1 Å². The normalized spacial score (nSPS) is 15.5. The van der Waals surface area contributed by atoms with E-state index in [1.54, 1.807) is 23.9 Å². The van der Waals surface area contributed by atoms with Crippen molar-refractivity contribution in [3.8, 4) is 0 Å². The molecule has 0 aliphatic carbocycles. The molecule has 1 aliphatic heterocycles. The highest BCUT2D eigenvalue weighted by Crippen LogP contribution is 2.20. The fourth-order valence-corrected chi connectivity index (χ4v) is 2.86. The first kappa shape index (κ1) is 15.4. The standard InChI is InChI=1S/C17H20N4O2/c1-19-15(9-16(22)20(2)17(19)23)12-21-8-4-6-14(11-21)13-5-3-7-18-10-13/h3,5-7,9-10H,4,8,11-12H2,1-2H3. The van der Waals surface area contributed by atoms with E-state index < -0.39 is 0 Å². The van der Waals surface area contributed by atoms with Crippen LogP contribution in [0.5, 0.6) is 0 Å². The average molecular weight is 312 g/mol. The SMILES string of the molecule is Cn1c(CN2CCC=C(c3cccnc3)C2)cc(=O)n(C)c1=O. The maximum atomic E-state index is 12.0. The van der Waals surface area contributed by atoms with Crippen LogP contribution in [0.25, 0.3) is 5.57 Å². The van der Waals surface area contributed by atoms with Crippen LogP contribution in [0.15, 0.2) is 46.3 Å². The van der Waals surface area contributed by atoms with Crippen molar-refractivity contribution in [1.82, 2.24) is 19.0 Å². The van der Waals surface area contributed by atoms with Crippen LogP contribution < -0.4 is 11.2 Å². The van der Waals surface area contributed by atoms with E-state index in [2.05, 4.69) is 22.0 Å². The van der Waals surface area contributed by atoms with Crippen molar-refractivity contribution in [2.24, 2.45) is 14.1 Å². The topological polar surface area (TPSA) is 60.1 Å². The van der Waals surface area contributed by atoms with Gasteiger partial charge in [-0.15, -0.1) is 0 Å². The molecule has 0 unspecified atom stereocenters. The number of aromatic nitrogens is 3. The Morgan fingerprint density at radius 2 is 2.04 bits per heavy atom. The highest BCUT2D eigenvalue weighted by atomic mass is 16.2. The lowest BCUT2D eigenvalue weighted by molar-refractivity contribution is 0.287. The monoisotopic (exact) mass is 312 g/mol. The van der Waals surface area contributed by atoms with Gasteiger partial charge in [-0.25, -0.2) is 4.79 Å². The van der Waals surface area contributed by atoms with Crippen molar-refractivity contribution in [2.75, 3.05) is 13.1 Å². The molecule has 0 spiro atoms. The Balaban J connectivity index is 1.82.